The number of unbranched alkanes of at least 4 members (excludes halogenated alkanes) is 2. The number of nitrogens with one attached hydrogen (secondary N) is 1. The van der Waals surface area contributed by atoms with Gasteiger partial charge in [-0.3, -0.25) is 0 Å². The Morgan fingerprint density at radius 3 is 1.36 bits per heavy atom. The van der Waals surface area contributed by atoms with Crippen LogP contribution in [0.1, 0.15) is 94.4 Å². The summed E-state index contributed by atoms with van der Waals surface area (Å²) in [6, 6.07) is 0. The lowest BCUT2D eigenvalue weighted by Gasteiger charge is -1.90. The molecule has 0 spiro atoms. The van der Waals surface area contributed by atoms with E-state index in [9.17, 15) is 0 Å². The molecule has 4 N–H and O–H groups in total. The Kier molecular flexibility index (Phi) is 75.7. The summed E-state index contributed by atoms with van der Waals surface area (Å²) in [5.41, 5.74) is 5.19. The smallest absolute Gasteiger partial charge is 0.0431 e. The minimum Gasteiger partial charge on any atom is -0.396 e. The Morgan fingerprint density at radius 1 is 0.864 bits per heavy atom. The maximum absolute atomic E-state index is 8.25. The molecule has 3 nitrogen and oxygen atoms in total. The minimum absolute atomic E-state index is 0.306. The van der Waals surface area contributed by atoms with Gasteiger partial charge in [0.1, 0.15) is 0 Å². The van der Waals surface area contributed by atoms with E-state index in [4.69, 9.17) is 10.8 Å². The van der Waals surface area contributed by atoms with Gasteiger partial charge in [0, 0.05) is 6.61 Å². The second kappa shape index (κ2) is 49.7. The summed E-state index contributed by atoms with van der Waals surface area (Å²) < 4.78 is 0. The molecular formula is C19H50N2O. The van der Waals surface area contributed by atoms with Gasteiger partial charge in [0.2, 0.25) is 0 Å². The fraction of sp³-hybridized carbons (Fsp3) is 1.00. The molecule has 0 atom stereocenters. The zero-order chi connectivity index (χ0) is 18.6. The van der Waals surface area contributed by atoms with E-state index in [1.807, 2.05) is 13.8 Å². The lowest BCUT2D eigenvalue weighted by molar-refractivity contribution is 0.283. The minimum atomic E-state index is 0.306. The topological polar surface area (TPSA) is 58.3 Å². The van der Waals surface area contributed by atoms with E-state index in [0.717, 1.165) is 44.8 Å². The summed E-state index contributed by atoms with van der Waals surface area (Å²) in [6.07, 6.45) is 5.56. The van der Waals surface area contributed by atoms with Crippen molar-refractivity contribution in [2.45, 2.75) is 94.4 Å². The van der Waals surface area contributed by atoms with Gasteiger partial charge in [0.05, 0.1) is 0 Å². The van der Waals surface area contributed by atoms with Crippen LogP contribution in [0.15, 0.2) is 0 Å². The van der Waals surface area contributed by atoms with Gasteiger partial charge in [-0.2, -0.15) is 0 Å². The van der Waals surface area contributed by atoms with Gasteiger partial charge in [-0.25, -0.2) is 0 Å². The lowest BCUT2D eigenvalue weighted by Crippen LogP contribution is -2.09. The second-order valence-corrected chi connectivity index (χ2v) is 5.04. The molecule has 0 aromatic carbocycles. The number of aliphatic hydroxyl groups excluding tert-OH is 1. The van der Waals surface area contributed by atoms with Crippen molar-refractivity contribution in [1.29, 1.82) is 0 Å². The average Bonchev–Trinajstić information content (AvgIpc) is 2.52. The second-order valence-electron chi connectivity index (χ2n) is 5.04. The van der Waals surface area contributed by atoms with Gasteiger partial charge in [0.15, 0.2) is 0 Å². The van der Waals surface area contributed by atoms with Crippen LogP contribution in [0, 0.1) is 5.92 Å². The Bertz CT molecular complexity index is 104. The summed E-state index contributed by atoms with van der Waals surface area (Å²) in [5, 5.41) is 11.4. The van der Waals surface area contributed by atoms with E-state index in [1.54, 1.807) is 0 Å². The van der Waals surface area contributed by atoms with Crippen LogP contribution in [0.3, 0.4) is 0 Å². The molecule has 0 aliphatic heterocycles. The van der Waals surface area contributed by atoms with Gasteiger partial charge < -0.3 is 16.2 Å². The molecule has 22 heavy (non-hydrogen) atoms. The maximum Gasteiger partial charge on any atom is 0.0431 e. The van der Waals surface area contributed by atoms with Crippen molar-refractivity contribution in [2.24, 2.45) is 11.7 Å². The normalized spacial score (nSPS) is 8.18. The Labute approximate surface area is 143 Å². The maximum atomic E-state index is 8.25. The highest BCUT2D eigenvalue weighted by Gasteiger charge is 1.81. The molecule has 0 saturated carbocycles. The molecule has 0 fully saturated rings. The Balaban J connectivity index is -0.0000000581. The summed E-state index contributed by atoms with van der Waals surface area (Å²) in [6.45, 7) is 22.3. The lowest BCUT2D eigenvalue weighted by atomic mass is 10.2. The molecule has 0 heterocycles. The van der Waals surface area contributed by atoms with Crippen LogP contribution in [0.25, 0.3) is 0 Å². The van der Waals surface area contributed by atoms with Crippen LogP contribution in [-0.2, 0) is 0 Å². The van der Waals surface area contributed by atoms with Gasteiger partial charge >= 0.3 is 0 Å². The van der Waals surface area contributed by atoms with Crippen LogP contribution in [0.4, 0.5) is 0 Å². The summed E-state index contributed by atoms with van der Waals surface area (Å²) in [7, 11) is 0. The van der Waals surface area contributed by atoms with Crippen molar-refractivity contribution in [3.63, 3.8) is 0 Å². The molecule has 0 unspecified atom stereocenters. The van der Waals surface area contributed by atoms with Crippen molar-refractivity contribution in [1.82, 2.24) is 5.32 Å². The van der Waals surface area contributed by atoms with Crippen molar-refractivity contribution < 1.29 is 5.11 Å². The molecule has 142 valence electrons. The third-order valence-corrected chi connectivity index (χ3v) is 2.18. The molecule has 0 aromatic heterocycles. The van der Waals surface area contributed by atoms with Crippen LogP contribution < -0.4 is 11.1 Å². The molecule has 0 amide bonds. The highest BCUT2D eigenvalue weighted by molar-refractivity contribution is 4.38. The van der Waals surface area contributed by atoms with Crippen molar-refractivity contribution in [3.8, 4) is 0 Å². The van der Waals surface area contributed by atoms with Crippen LogP contribution in [0.2, 0.25) is 0 Å². The van der Waals surface area contributed by atoms with Crippen molar-refractivity contribution in [2.75, 3.05) is 26.2 Å². The van der Waals surface area contributed by atoms with Crippen molar-refractivity contribution >= 4 is 0 Å². The number of rotatable bonds is 7. The molecule has 0 aliphatic rings. The number of hydrogen-bond acceptors (Lipinski definition) is 3. The Morgan fingerprint density at radius 2 is 1.23 bits per heavy atom. The fourth-order valence-corrected chi connectivity index (χ4v) is 0.683. The number of nitrogens with two attached hydrogens (primary N) is 1. The monoisotopic (exact) mass is 322 g/mol. The molecule has 0 rings (SSSR count). The summed E-state index contributed by atoms with van der Waals surface area (Å²) in [4.78, 5) is 0. The molecule has 0 saturated heterocycles. The standard InChI is InChI=1S/C5H13NO.C5H12.C4H11N.C3H8.C2H6/c6-4-2-1-3-5-7;1-4-5(2)3;1-3-5-4-2;1-3-2;1-2/h7H,1-6H2;5H,4H2,1-3H3;5H,3-4H2,1-2H3;3H2,1-2H3;1-2H3. The van der Waals surface area contributed by atoms with Gasteiger partial charge in [0.25, 0.3) is 0 Å². The van der Waals surface area contributed by atoms with Crippen LogP contribution >= 0.6 is 0 Å². The Hall–Kier alpha value is -0.120. The third-order valence-electron chi connectivity index (χ3n) is 2.18. The van der Waals surface area contributed by atoms with Crippen LogP contribution in [0.5, 0.6) is 0 Å². The SMILES string of the molecule is CC.CCC.CCC(C)C.CCNCC.NCCCCCO. The molecule has 0 radical (unpaired) electrons. The van der Waals surface area contributed by atoms with Crippen molar-refractivity contribution in [3.05, 3.63) is 0 Å². The van der Waals surface area contributed by atoms with E-state index in [1.165, 1.54) is 12.8 Å². The first kappa shape index (κ1) is 33.5. The van der Waals surface area contributed by atoms with E-state index >= 15 is 0 Å². The molecule has 0 aromatic rings. The zero-order valence-corrected chi connectivity index (χ0v) is 17.5. The van der Waals surface area contributed by atoms with Gasteiger partial charge in [-0.1, -0.05) is 75.2 Å². The predicted octanol–water partition coefficient (Wildman–Crippen LogP) is 5.22. The quantitative estimate of drug-likeness (QED) is 0.563. The average molecular weight is 323 g/mol. The fourth-order valence-electron chi connectivity index (χ4n) is 0.683. The third kappa shape index (κ3) is 114. The zero-order valence-electron chi connectivity index (χ0n) is 17.5. The summed E-state index contributed by atoms with van der Waals surface area (Å²) in [5.74, 6) is 0.884. The molecule has 0 aliphatic carbocycles. The highest BCUT2D eigenvalue weighted by atomic mass is 16.2. The number of hydrogen-bond donors (Lipinski definition) is 3. The first-order valence-electron chi connectivity index (χ1n) is 9.53. The highest BCUT2D eigenvalue weighted by Crippen LogP contribution is 1.93. The number of aliphatic hydroxyl groups is 1. The van der Waals surface area contributed by atoms with E-state index in [-0.39, 0.29) is 0 Å². The molecular weight excluding hydrogens is 272 g/mol. The van der Waals surface area contributed by atoms with Gasteiger partial charge in [-0.15, -0.1) is 0 Å². The predicted molar refractivity (Wildman–Crippen MR) is 107 cm³/mol. The summed E-state index contributed by atoms with van der Waals surface area (Å²) >= 11 is 0. The largest absolute Gasteiger partial charge is 0.396 e. The first-order valence-corrected chi connectivity index (χ1v) is 9.53. The van der Waals surface area contributed by atoms with E-state index in [2.05, 4.69) is 53.8 Å². The van der Waals surface area contributed by atoms with Crippen LogP contribution in [-0.4, -0.2) is 31.3 Å². The van der Waals surface area contributed by atoms with Gasteiger partial charge in [-0.05, 0) is 44.8 Å². The molecule has 0 bridgehead atoms. The van der Waals surface area contributed by atoms with E-state index in [0.29, 0.717) is 6.61 Å². The molecule has 3 heteroatoms. The van der Waals surface area contributed by atoms with E-state index < -0.39 is 0 Å². The first-order chi connectivity index (χ1) is 10.5.